The van der Waals surface area contributed by atoms with Gasteiger partial charge in [0, 0.05) is 19.4 Å². The van der Waals surface area contributed by atoms with Gasteiger partial charge in [0.2, 0.25) is 5.91 Å². The molecule has 1 fully saturated rings. The van der Waals surface area contributed by atoms with E-state index in [1.54, 1.807) is 5.48 Å². The number of aliphatic hydroxyl groups excluding tert-OH is 1. The molecule has 1 aliphatic heterocycles. The van der Waals surface area contributed by atoms with Crippen molar-refractivity contribution in [3.05, 3.63) is 0 Å². The molecule has 0 spiro atoms. The second-order valence-corrected chi connectivity index (χ2v) is 4.10. The summed E-state index contributed by atoms with van der Waals surface area (Å²) in [6.45, 7) is 0.805. The van der Waals surface area contributed by atoms with Crippen molar-refractivity contribution in [2.45, 2.75) is 51.4 Å². The summed E-state index contributed by atoms with van der Waals surface area (Å²) in [4.78, 5) is 20.8. The average molecular weight is 294 g/mol. The molecule has 0 aliphatic carbocycles. The zero-order valence-electron chi connectivity index (χ0n) is 11.7. The number of ether oxygens (including phenoxy) is 1. The third-order valence-corrected chi connectivity index (χ3v) is 2.47. The zero-order chi connectivity index (χ0) is 15.6. The van der Waals surface area contributed by atoms with E-state index in [0.717, 1.165) is 32.1 Å². The maximum Gasteiger partial charge on any atom is 0.305 e. The first-order valence-electron chi connectivity index (χ1n) is 6.66. The van der Waals surface area contributed by atoms with Crippen LogP contribution in [0.5, 0.6) is 0 Å². The number of carbonyl (C=O) groups is 2. The predicted molar refractivity (Wildman–Crippen MR) is 70.9 cm³/mol. The van der Waals surface area contributed by atoms with Gasteiger partial charge in [0.1, 0.15) is 0 Å². The van der Waals surface area contributed by atoms with Crippen molar-refractivity contribution in [1.29, 1.82) is 0 Å². The molecule has 1 aliphatic rings. The lowest BCUT2D eigenvalue weighted by Gasteiger charge is -1.96. The first-order chi connectivity index (χ1) is 9.70. The molecule has 0 atom stereocenters. The Morgan fingerprint density at radius 3 is 2.50 bits per heavy atom. The molecule has 0 aromatic carbocycles. The Balaban J connectivity index is 0. The Morgan fingerprint density at radius 1 is 1.20 bits per heavy atom. The van der Waals surface area contributed by atoms with Gasteiger partial charge in [-0.1, -0.05) is 6.42 Å². The van der Waals surface area contributed by atoms with Crippen molar-refractivity contribution in [3.63, 3.8) is 0 Å². The van der Waals surface area contributed by atoms with E-state index in [-0.39, 0.29) is 18.5 Å². The number of hydrogen-bond acceptors (Lipinski definition) is 7. The van der Waals surface area contributed by atoms with Crippen molar-refractivity contribution in [3.8, 4) is 0 Å². The van der Waals surface area contributed by atoms with Crippen LogP contribution in [0.2, 0.25) is 0 Å². The van der Waals surface area contributed by atoms with Crippen LogP contribution < -0.4 is 11.4 Å². The van der Waals surface area contributed by atoms with E-state index in [4.69, 9.17) is 20.3 Å². The Morgan fingerprint density at radius 2 is 1.90 bits per heavy atom. The summed E-state index contributed by atoms with van der Waals surface area (Å²) >= 11 is 0. The van der Waals surface area contributed by atoms with E-state index in [0.29, 0.717) is 25.9 Å². The van der Waals surface area contributed by atoms with Crippen molar-refractivity contribution < 1.29 is 29.8 Å². The third-order valence-electron chi connectivity index (χ3n) is 2.47. The summed E-state index contributed by atoms with van der Waals surface area (Å²) in [6, 6.07) is 0. The van der Waals surface area contributed by atoms with E-state index in [1.165, 1.54) is 0 Å². The standard InChI is InChI=1S/C6H13NO3.C6H10O2.H3NO/c8-5-3-1-2-4-6(9)7-10;7-6-4-2-1-3-5-8-6;1-2/h8,10H,1-5H2,(H,7,9);1-5H2;2H,1H2. The number of rotatable bonds is 5. The third kappa shape index (κ3) is 16.8. The van der Waals surface area contributed by atoms with Crippen molar-refractivity contribution in [2.24, 2.45) is 5.90 Å². The van der Waals surface area contributed by atoms with Crippen LogP contribution in [0.4, 0.5) is 0 Å². The number of amides is 1. The molecular formula is C12H26N2O6. The van der Waals surface area contributed by atoms with Crippen LogP contribution in [0.25, 0.3) is 0 Å². The fourth-order valence-electron chi connectivity index (χ4n) is 1.44. The van der Waals surface area contributed by atoms with E-state index >= 15 is 0 Å². The van der Waals surface area contributed by atoms with E-state index in [2.05, 4.69) is 5.90 Å². The number of carbonyl (C=O) groups excluding carboxylic acids is 2. The summed E-state index contributed by atoms with van der Waals surface area (Å²) in [5.41, 5.74) is 1.54. The largest absolute Gasteiger partial charge is 0.466 e. The van der Waals surface area contributed by atoms with Gasteiger partial charge in [-0.05, 0) is 32.1 Å². The molecule has 1 rings (SSSR count). The summed E-state index contributed by atoms with van der Waals surface area (Å²) in [6.07, 6.45) is 6.42. The normalized spacial score (nSPS) is 13.7. The van der Waals surface area contributed by atoms with Crippen LogP contribution in [0.15, 0.2) is 0 Å². The molecule has 0 unspecified atom stereocenters. The lowest BCUT2D eigenvalue weighted by molar-refractivity contribution is -0.142. The smallest absolute Gasteiger partial charge is 0.305 e. The first-order valence-corrected chi connectivity index (χ1v) is 6.66. The van der Waals surface area contributed by atoms with Gasteiger partial charge < -0.3 is 15.1 Å². The minimum atomic E-state index is -0.363. The summed E-state index contributed by atoms with van der Waals surface area (Å²) in [7, 11) is 0. The second kappa shape index (κ2) is 17.8. The van der Waals surface area contributed by atoms with Crippen LogP contribution in [0.3, 0.4) is 0 Å². The van der Waals surface area contributed by atoms with Gasteiger partial charge in [-0.3, -0.25) is 14.8 Å². The maximum atomic E-state index is 10.5. The lowest BCUT2D eigenvalue weighted by Crippen LogP contribution is -2.17. The maximum absolute atomic E-state index is 10.5. The molecule has 8 heteroatoms. The number of hydrogen-bond donors (Lipinski definition) is 5. The minimum absolute atomic E-state index is 0.0255. The molecule has 0 saturated carbocycles. The number of hydroxylamine groups is 1. The average Bonchev–Trinajstić information content (AvgIpc) is 2.74. The number of aliphatic hydroxyl groups is 1. The van der Waals surface area contributed by atoms with Crippen LogP contribution in [-0.2, 0) is 14.3 Å². The molecule has 0 radical (unpaired) electrons. The zero-order valence-corrected chi connectivity index (χ0v) is 11.7. The molecule has 0 aromatic rings. The van der Waals surface area contributed by atoms with Gasteiger partial charge >= 0.3 is 5.97 Å². The number of esters is 1. The molecule has 20 heavy (non-hydrogen) atoms. The molecule has 0 aromatic heterocycles. The second-order valence-electron chi connectivity index (χ2n) is 4.10. The molecule has 0 bridgehead atoms. The highest BCUT2D eigenvalue weighted by atomic mass is 16.5. The quantitative estimate of drug-likeness (QED) is 0.215. The van der Waals surface area contributed by atoms with Crippen LogP contribution in [0.1, 0.15) is 51.4 Å². The van der Waals surface area contributed by atoms with Crippen LogP contribution in [-0.4, -0.2) is 40.6 Å². The molecule has 8 nitrogen and oxygen atoms in total. The number of cyclic esters (lactones) is 1. The monoisotopic (exact) mass is 294 g/mol. The van der Waals surface area contributed by atoms with Gasteiger partial charge in [0.15, 0.2) is 0 Å². The molecule has 1 amide bonds. The first kappa shape index (κ1) is 21.1. The fraction of sp³-hybridized carbons (Fsp3) is 0.833. The van der Waals surface area contributed by atoms with E-state index in [1.807, 2.05) is 0 Å². The van der Waals surface area contributed by atoms with E-state index < -0.39 is 0 Å². The highest BCUT2D eigenvalue weighted by Gasteiger charge is 2.05. The fourth-order valence-corrected chi connectivity index (χ4v) is 1.44. The molecule has 1 saturated heterocycles. The Labute approximate surface area is 118 Å². The summed E-state index contributed by atoms with van der Waals surface area (Å²) < 4.78 is 4.76. The van der Waals surface area contributed by atoms with Gasteiger partial charge in [0.25, 0.3) is 0 Å². The topological polar surface area (TPSA) is 142 Å². The van der Waals surface area contributed by atoms with E-state index in [9.17, 15) is 9.59 Å². The van der Waals surface area contributed by atoms with Crippen molar-refractivity contribution in [1.82, 2.24) is 5.48 Å². The minimum Gasteiger partial charge on any atom is -0.466 e. The van der Waals surface area contributed by atoms with Crippen molar-refractivity contribution in [2.75, 3.05) is 13.2 Å². The van der Waals surface area contributed by atoms with Crippen molar-refractivity contribution >= 4 is 11.9 Å². The highest BCUT2D eigenvalue weighted by molar-refractivity contribution is 5.74. The molecule has 120 valence electrons. The molecule has 6 N–H and O–H groups in total. The Hall–Kier alpha value is -1.22. The Kier molecular flexibility index (Phi) is 18.7. The number of unbranched alkanes of at least 4 members (excludes halogenated alkanes) is 2. The molecular weight excluding hydrogens is 268 g/mol. The number of nitrogens with two attached hydrogens (primary N) is 1. The van der Waals surface area contributed by atoms with Gasteiger partial charge in [-0.25, -0.2) is 11.4 Å². The van der Waals surface area contributed by atoms with Gasteiger partial charge in [-0.2, -0.15) is 0 Å². The van der Waals surface area contributed by atoms with Crippen LogP contribution >= 0.6 is 0 Å². The summed E-state index contributed by atoms with van der Waals surface area (Å²) in [5.74, 6) is 3.11. The highest BCUT2D eigenvalue weighted by Crippen LogP contribution is 2.06. The number of nitrogens with one attached hydrogen (secondary N) is 1. The predicted octanol–water partition coefficient (Wildman–Crippen LogP) is 0.482. The van der Waals surface area contributed by atoms with Crippen LogP contribution in [0, 0.1) is 0 Å². The summed E-state index contributed by atoms with van der Waals surface area (Å²) in [5, 5.41) is 22.9. The SMILES string of the molecule is NO.O=C(CCCCCO)NO.O=C1CCCCCO1. The lowest BCUT2D eigenvalue weighted by atomic mass is 10.2. The molecule has 1 heterocycles. The van der Waals surface area contributed by atoms with Gasteiger partial charge in [0.05, 0.1) is 6.61 Å². The van der Waals surface area contributed by atoms with Gasteiger partial charge in [-0.15, -0.1) is 0 Å². The Bertz CT molecular complexity index is 228.